The van der Waals surface area contributed by atoms with Crippen LogP contribution in [0.5, 0.6) is 0 Å². The summed E-state index contributed by atoms with van der Waals surface area (Å²) < 4.78 is 68.6. The van der Waals surface area contributed by atoms with E-state index in [4.69, 9.17) is 37.0 Å². The fraction of sp³-hybridized carbons (Fsp3) is 0.951. The number of rotatable bonds is 78. The van der Waals surface area contributed by atoms with Crippen molar-refractivity contribution in [2.45, 2.75) is 433 Å². The Morgan fingerprint density at radius 2 is 0.480 bits per heavy atom. The summed E-state index contributed by atoms with van der Waals surface area (Å²) in [5.74, 6) is 0.992. The zero-order valence-corrected chi connectivity index (χ0v) is 67.6. The first-order valence-corrected chi connectivity index (χ1v) is 44.8. The molecule has 17 nitrogen and oxygen atoms in total. The van der Waals surface area contributed by atoms with Crippen molar-refractivity contribution >= 4 is 39.5 Å². The molecule has 0 amide bonds. The molecular weight excluding hydrogens is 1310 g/mol. The lowest BCUT2D eigenvalue weighted by Gasteiger charge is -2.21. The first-order chi connectivity index (χ1) is 48.2. The van der Waals surface area contributed by atoms with E-state index in [0.29, 0.717) is 31.6 Å². The molecule has 0 rings (SSSR count). The largest absolute Gasteiger partial charge is 0.472 e. The summed E-state index contributed by atoms with van der Waals surface area (Å²) in [7, 11) is -9.92. The highest BCUT2D eigenvalue weighted by molar-refractivity contribution is 7.47. The zero-order valence-electron chi connectivity index (χ0n) is 65.8. The Bertz CT molecular complexity index is 1960. The van der Waals surface area contributed by atoms with Gasteiger partial charge in [0.25, 0.3) is 0 Å². The molecule has 0 saturated carbocycles. The number of unbranched alkanes of at least 4 members (excludes halogenated alkanes) is 42. The summed E-state index contributed by atoms with van der Waals surface area (Å²) in [6, 6.07) is 0. The molecule has 594 valence electrons. The maximum Gasteiger partial charge on any atom is 0.472 e. The predicted octanol–water partition coefficient (Wildman–Crippen LogP) is 24.0. The van der Waals surface area contributed by atoms with Crippen LogP contribution in [0.1, 0.15) is 415 Å². The minimum atomic E-state index is -4.96. The van der Waals surface area contributed by atoms with Crippen LogP contribution in [0.3, 0.4) is 0 Å². The monoisotopic (exact) mass is 1470 g/mol. The van der Waals surface area contributed by atoms with Crippen LogP contribution >= 0.6 is 15.6 Å². The zero-order chi connectivity index (χ0) is 73.8. The number of carbonyl (C=O) groups excluding carboxylic acids is 4. The van der Waals surface area contributed by atoms with Gasteiger partial charge in [0.1, 0.15) is 19.3 Å². The van der Waals surface area contributed by atoms with Gasteiger partial charge in [-0.1, -0.05) is 364 Å². The molecule has 0 saturated heterocycles. The lowest BCUT2D eigenvalue weighted by Crippen LogP contribution is -2.30. The summed E-state index contributed by atoms with van der Waals surface area (Å²) >= 11 is 0. The molecule has 0 fully saturated rings. The highest BCUT2D eigenvalue weighted by Gasteiger charge is 2.30. The molecule has 0 aliphatic rings. The van der Waals surface area contributed by atoms with E-state index < -0.39 is 97.5 Å². The molecule has 19 heteroatoms. The number of aliphatic hydroxyl groups excluding tert-OH is 1. The maximum atomic E-state index is 13.1. The van der Waals surface area contributed by atoms with Crippen molar-refractivity contribution in [1.29, 1.82) is 0 Å². The third kappa shape index (κ3) is 71.7. The molecule has 0 heterocycles. The number of aliphatic hydroxyl groups is 1. The van der Waals surface area contributed by atoms with Crippen molar-refractivity contribution in [2.75, 3.05) is 39.6 Å². The van der Waals surface area contributed by atoms with Crippen LogP contribution in [0.25, 0.3) is 0 Å². The number of hydrogen-bond acceptors (Lipinski definition) is 15. The first-order valence-electron chi connectivity index (χ1n) is 41.8. The van der Waals surface area contributed by atoms with Gasteiger partial charge in [0.2, 0.25) is 0 Å². The summed E-state index contributed by atoms with van der Waals surface area (Å²) in [4.78, 5) is 72.9. The topological polar surface area (TPSA) is 237 Å². The third-order valence-corrected chi connectivity index (χ3v) is 21.4. The van der Waals surface area contributed by atoms with Gasteiger partial charge in [-0.3, -0.25) is 37.3 Å². The quantitative estimate of drug-likeness (QED) is 0.0222. The Kier molecular flexibility index (Phi) is 68.7. The predicted molar refractivity (Wildman–Crippen MR) is 409 cm³/mol. The van der Waals surface area contributed by atoms with E-state index in [9.17, 15) is 43.2 Å². The number of phosphoric ester groups is 2. The Balaban J connectivity index is 5.16. The second kappa shape index (κ2) is 70.1. The molecular formula is C81H158O17P2. The Morgan fingerprint density at radius 3 is 0.710 bits per heavy atom. The molecule has 0 bridgehead atoms. The van der Waals surface area contributed by atoms with E-state index in [1.54, 1.807) is 0 Å². The number of phosphoric acid groups is 2. The standard InChI is InChI=1S/C81H158O17P2/c1-9-73(7)59-51-43-35-29-25-21-17-13-11-12-14-18-22-26-30-36-47-55-64-81(86)98-77(68-92-79(84)62-54-46-40-39-44-52-60-74(8)10-2)70-96-100(89,90)94-66-75(82)65-93-99(87,88)95-69-76(67-91-78(83)61-53-45-38-32-34-42-50-58-72(5)6)97-80(85)63-56-48-37-31-27-23-19-15-16-20-24-28-33-41-49-57-71(3)4/h71-77,82H,9-70H2,1-8H3,(H,87,88)(H,89,90)/t73?,74?,75?,76-,77-/m1/s1. The van der Waals surface area contributed by atoms with Gasteiger partial charge in [-0.2, -0.15) is 0 Å². The maximum absolute atomic E-state index is 13.1. The van der Waals surface area contributed by atoms with Gasteiger partial charge in [0.05, 0.1) is 26.4 Å². The Hall–Kier alpha value is -1.94. The third-order valence-electron chi connectivity index (χ3n) is 19.5. The molecule has 0 aromatic carbocycles. The summed E-state index contributed by atoms with van der Waals surface area (Å²) in [5, 5.41) is 10.6. The molecule has 100 heavy (non-hydrogen) atoms. The summed E-state index contributed by atoms with van der Waals surface area (Å²) in [6.45, 7) is 14.2. The van der Waals surface area contributed by atoms with Gasteiger partial charge in [0, 0.05) is 25.7 Å². The van der Waals surface area contributed by atoms with E-state index in [2.05, 4.69) is 55.4 Å². The van der Waals surface area contributed by atoms with Crippen LogP contribution in [0.15, 0.2) is 0 Å². The lowest BCUT2D eigenvalue weighted by atomic mass is 9.99. The number of carbonyl (C=O) groups is 4. The van der Waals surface area contributed by atoms with E-state index in [1.165, 1.54) is 205 Å². The van der Waals surface area contributed by atoms with Crippen molar-refractivity contribution < 1.29 is 80.2 Å². The Labute approximate surface area is 613 Å². The van der Waals surface area contributed by atoms with Crippen molar-refractivity contribution in [3.63, 3.8) is 0 Å². The number of esters is 4. The highest BCUT2D eigenvalue weighted by Crippen LogP contribution is 2.45. The van der Waals surface area contributed by atoms with Crippen molar-refractivity contribution in [1.82, 2.24) is 0 Å². The second-order valence-electron chi connectivity index (χ2n) is 30.6. The molecule has 0 spiro atoms. The van der Waals surface area contributed by atoms with Crippen LogP contribution in [0, 0.1) is 23.7 Å². The van der Waals surface area contributed by atoms with Crippen LogP contribution in [0.4, 0.5) is 0 Å². The van der Waals surface area contributed by atoms with E-state index in [1.807, 2.05) is 0 Å². The van der Waals surface area contributed by atoms with Gasteiger partial charge in [-0.25, -0.2) is 9.13 Å². The normalized spacial score (nSPS) is 14.6. The van der Waals surface area contributed by atoms with Gasteiger partial charge >= 0.3 is 39.5 Å². The van der Waals surface area contributed by atoms with Gasteiger partial charge in [-0.15, -0.1) is 0 Å². The number of hydrogen-bond donors (Lipinski definition) is 3. The fourth-order valence-electron chi connectivity index (χ4n) is 12.4. The van der Waals surface area contributed by atoms with E-state index in [0.717, 1.165) is 120 Å². The van der Waals surface area contributed by atoms with Crippen LogP contribution in [-0.2, 0) is 65.4 Å². The fourth-order valence-corrected chi connectivity index (χ4v) is 13.9. The minimum absolute atomic E-state index is 0.107. The smallest absolute Gasteiger partial charge is 0.462 e. The molecule has 7 atom stereocenters. The first kappa shape index (κ1) is 98.1. The second-order valence-corrected chi connectivity index (χ2v) is 33.5. The molecule has 0 aromatic rings. The average Bonchev–Trinajstić information content (AvgIpc) is 0.931. The van der Waals surface area contributed by atoms with Crippen molar-refractivity contribution in [3.8, 4) is 0 Å². The summed E-state index contributed by atoms with van der Waals surface area (Å²) in [5.41, 5.74) is 0. The SMILES string of the molecule is CCC(C)CCCCCCCCCCCCCCCCCCCCC(=O)O[C@H](COC(=O)CCCCCCCCC(C)CC)COP(=O)(O)OCC(O)COP(=O)(O)OC[C@@H](COC(=O)CCCCCCCCCC(C)C)OC(=O)CCCCCCCCCCCCCCCCCC(C)C. The van der Waals surface area contributed by atoms with Gasteiger partial charge in [-0.05, 0) is 49.4 Å². The van der Waals surface area contributed by atoms with Crippen molar-refractivity contribution in [3.05, 3.63) is 0 Å². The minimum Gasteiger partial charge on any atom is -0.462 e. The average molecular weight is 1470 g/mol. The van der Waals surface area contributed by atoms with Crippen molar-refractivity contribution in [2.24, 2.45) is 23.7 Å². The molecule has 0 aliphatic carbocycles. The summed E-state index contributed by atoms with van der Waals surface area (Å²) in [6.07, 6.45) is 57.1. The number of ether oxygens (including phenoxy) is 4. The lowest BCUT2D eigenvalue weighted by molar-refractivity contribution is -0.161. The molecule has 3 N–H and O–H groups in total. The van der Waals surface area contributed by atoms with Crippen LogP contribution in [0.2, 0.25) is 0 Å². The highest BCUT2D eigenvalue weighted by atomic mass is 31.2. The molecule has 5 unspecified atom stereocenters. The van der Waals surface area contributed by atoms with E-state index in [-0.39, 0.29) is 25.7 Å². The molecule has 0 aliphatic heterocycles. The van der Waals surface area contributed by atoms with Crippen LogP contribution < -0.4 is 0 Å². The van der Waals surface area contributed by atoms with Gasteiger partial charge in [0.15, 0.2) is 12.2 Å². The molecule has 0 aromatic heterocycles. The van der Waals surface area contributed by atoms with Gasteiger partial charge < -0.3 is 33.8 Å². The van der Waals surface area contributed by atoms with E-state index >= 15 is 0 Å². The van der Waals surface area contributed by atoms with Crippen LogP contribution in [-0.4, -0.2) is 96.7 Å². The molecule has 0 radical (unpaired) electrons. The Morgan fingerprint density at radius 1 is 0.280 bits per heavy atom.